The van der Waals surface area contributed by atoms with Crippen molar-refractivity contribution in [2.24, 2.45) is 11.1 Å². The summed E-state index contributed by atoms with van der Waals surface area (Å²) in [6.07, 6.45) is 20.7. The van der Waals surface area contributed by atoms with Crippen molar-refractivity contribution in [1.29, 1.82) is 0 Å². The lowest BCUT2D eigenvalue weighted by atomic mass is 9.93. The Hall–Kier alpha value is -4.16. The van der Waals surface area contributed by atoms with Gasteiger partial charge in [0.2, 0.25) is 17.7 Å². The molecule has 2 rings (SSSR count). The number of carboxylic acid groups (broad SMARTS) is 1. The minimum atomic E-state index is -1.24. The Kier molecular flexibility index (Phi) is 24.9. The van der Waals surface area contributed by atoms with Gasteiger partial charge >= 0.3 is 12.1 Å². The summed E-state index contributed by atoms with van der Waals surface area (Å²) in [4.78, 5) is 68.1. The van der Waals surface area contributed by atoms with E-state index < -0.39 is 30.6 Å². The fourth-order valence-corrected chi connectivity index (χ4v) is 6.27. The third-order valence-corrected chi connectivity index (χ3v) is 9.51. The quantitative estimate of drug-likeness (QED) is 0.0409. The number of alkyl carbamates (subject to hydrolysis) is 1. The highest BCUT2D eigenvalue weighted by Gasteiger charge is 2.24. The molecule has 4 N–H and O–H groups in total. The Morgan fingerprint density at radius 1 is 0.868 bits per heavy atom. The fraction of sp³-hybridized carbons (Fsp3) is 0.700. The van der Waals surface area contributed by atoms with Crippen LogP contribution in [0.25, 0.3) is 0 Å². The van der Waals surface area contributed by atoms with E-state index in [1.807, 2.05) is 11.0 Å². The number of hydrogen-bond donors (Lipinski definition) is 4. The molecule has 0 saturated carbocycles. The number of benzene rings is 1. The third-order valence-electron chi connectivity index (χ3n) is 9.51. The average Bonchev–Trinajstić information content (AvgIpc) is 3.16. The Morgan fingerprint density at radius 3 is 2.11 bits per heavy atom. The molecule has 0 bridgehead atoms. The first-order valence-corrected chi connectivity index (χ1v) is 19.9. The lowest BCUT2D eigenvalue weighted by Crippen LogP contribution is -2.48. The number of likely N-dealkylation sites (tertiary alicyclic amines) is 1. The SMILES string of the molecule is CCCCCCCCCCCCCCCC(=O)N1CCC(CCON=CCNC(=O)CCC(NC(=O)OCc2ccccc2)C(=O)NCC(=O)O)CC1. The molecular weight excluding hydrogens is 678 g/mol. The summed E-state index contributed by atoms with van der Waals surface area (Å²) >= 11 is 0. The molecule has 1 atom stereocenters. The van der Waals surface area contributed by atoms with Gasteiger partial charge in [-0.15, -0.1) is 0 Å². The van der Waals surface area contributed by atoms with Gasteiger partial charge in [0.25, 0.3) is 0 Å². The number of nitrogens with one attached hydrogen (secondary N) is 3. The highest BCUT2D eigenvalue weighted by Crippen LogP contribution is 2.22. The number of amides is 4. The number of unbranched alkanes of at least 4 members (excludes halogenated alkanes) is 12. The number of oxime groups is 1. The van der Waals surface area contributed by atoms with Crippen LogP contribution in [0.4, 0.5) is 4.79 Å². The molecule has 0 aliphatic carbocycles. The molecule has 1 aliphatic rings. The van der Waals surface area contributed by atoms with Gasteiger partial charge in [-0.25, -0.2) is 4.79 Å². The van der Waals surface area contributed by atoms with Gasteiger partial charge in [0, 0.05) is 25.9 Å². The zero-order chi connectivity index (χ0) is 38.4. The van der Waals surface area contributed by atoms with E-state index in [1.165, 1.54) is 76.8 Å². The number of hydrogen-bond acceptors (Lipinski definition) is 8. The van der Waals surface area contributed by atoms with Gasteiger partial charge in [-0.05, 0) is 43.6 Å². The van der Waals surface area contributed by atoms with E-state index in [-0.39, 0.29) is 37.8 Å². The van der Waals surface area contributed by atoms with Crippen molar-refractivity contribution in [3.05, 3.63) is 35.9 Å². The van der Waals surface area contributed by atoms with Gasteiger partial charge < -0.3 is 35.5 Å². The second-order valence-electron chi connectivity index (χ2n) is 13.9. The topological polar surface area (TPSA) is 176 Å². The van der Waals surface area contributed by atoms with Crippen molar-refractivity contribution in [3.8, 4) is 0 Å². The summed E-state index contributed by atoms with van der Waals surface area (Å²) in [7, 11) is 0. The summed E-state index contributed by atoms with van der Waals surface area (Å²) in [5.41, 5.74) is 0.753. The van der Waals surface area contributed by atoms with Gasteiger partial charge in [-0.2, -0.15) is 0 Å². The van der Waals surface area contributed by atoms with E-state index in [9.17, 15) is 24.0 Å². The summed E-state index contributed by atoms with van der Waals surface area (Å²) in [6, 6.07) is 7.80. The zero-order valence-electron chi connectivity index (χ0n) is 32.0. The van der Waals surface area contributed by atoms with Crippen LogP contribution in [0.5, 0.6) is 0 Å². The Bertz CT molecular complexity index is 1210. The largest absolute Gasteiger partial charge is 0.480 e. The van der Waals surface area contributed by atoms with Crippen LogP contribution in [0.2, 0.25) is 0 Å². The standard InChI is InChI=1S/C40H65N5O8/c1-2-3-4-5-6-7-8-9-10-11-12-13-17-20-37(47)45-28-23-33(24-29-45)25-30-53-43-27-26-41-36(46)22-21-35(39(50)42-31-38(48)49)44-40(51)52-32-34-18-15-14-16-19-34/h14-16,18-19,27,33,35H,2-13,17,20-26,28-32H2,1H3,(H,41,46)(H,42,50)(H,44,51)(H,48,49). The lowest BCUT2D eigenvalue weighted by Gasteiger charge is -2.32. The maximum Gasteiger partial charge on any atom is 0.408 e. The molecule has 0 spiro atoms. The van der Waals surface area contributed by atoms with Crippen LogP contribution in [0, 0.1) is 5.92 Å². The first kappa shape index (κ1) is 45.0. The number of piperidine rings is 1. The van der Waals surface area contributed by atoms with Gasteiger partial charge in [0.05, 0.1) is 12.8 Å². The van der Waals surface area contributed by atoms with E-state index in [1.54, 1.807) is 24.3 Å². The Morgan fingerprint density at radius 2 is 1.49 bits per heavy atom. The molecule has 1 heterocycles. The first-order chi connectivity index (χ1) is 25.8. The van der Waals surface area contributed by atoms with Crippen LogP contribution in [0.1, 0.15) is 134 Å². The minimum Gasteiger partial charge on any atom is -0.480 e. The van der Waals surface area contributed by atoms with Crippen molar-refractivity contribution < 1.29 is 38.7 Å². The van der Waals surface area contributed by atoms with Crippen LogP contribution >= 0.6 is 0 Å². The van der Waals surface area contributed by atoms with Crippen molar-refractivity contribution >= 4 is 36.0 Å². The van der Waals surface area contributed by atoms with E-state index in [0.717, 1.165) is 50.8 Å². The number of carboxylic acids is 1. The average molecular weight is 744 g/mol. The molecule has 1 unspecified atom stereocenters. The molecule has 1 aromatic carbocycles. The minimum absolute atomic E-state index is 0.0160. The Balaban J connectivity index is 1.50. The zero-order valence-corrected chi connectivity index (χ0v) is 32.0. The second-order valence-corrected chi connectivity index (χ2v) is 13.9. The van der Waals surface area contributed by atoms with Gasteiger partial charge in [0.1, 0.15) is 25.8 Å². The molecule has 4 amide bonds. The van der Waals surface area contributed by atoms with Crippen LogP contribution in [-0.2, 0) is 35.4 Å². The molecule has 1 aliphatic heterocycles. The van der Waals surface area contributed by atoms with Crippen LogP contribution in [-0.4, -0.2) is 84.8 Å². The van der Waals surface area contributed by atoms with E-state index in [4.69, 9.17) is 14.7 Å². The molecule has 1 aromatic rings. The summed E-state index contributed by atoms with van der Waals surface area (Å²) in [5.74, 6) is -1.61. The number of carbonyl (C=O) groups excluding carboxylic acids is 4. The molecule has 298 valence electrons. The molecule has 1 saturated heterocycles. The molecule has 0 radical (unpaired) electrons. The highest BCUT2D eigenvalue weighted by molar-refractivity contribution is 5.88. The van der Waals surface area contributed by atoms with Crippen LogP contribution in [0.15, 0.2) is 35.5 Å². The number of nitrogens with zero attached hydrogens (tertiary/aromatic N) is 2. The normalized spacial score (nSPS) is 13.7. The van der Waals surface area contributed by atoms with E-state index in [0.29, 0.717) is 18.9 Å². The van der Waals surface area contributed by atoms with Crippen LogP contribution < -0.4 is 16.0 Å². The summed E-state index contributed by atoms with van der Waals surface area (Å²) < 4.78 is 5.15. The second kappa shape index (κ2) is 29.3. The van der Waals surface area contributed by atoms with Crippen LogP contribution in [0.3, 0.4) is 0 Å². The summed E-state index contributed by atoms with van der Waals surface area (Å²) in [6.45, 7) is 3.76. The molecule has 53 heavy (non-hydrogen) atoms. The van der Waals surface area contributed by atoms with Crippen molar-refractivity contribution in [2.45, 2.75) is 142 Å². The molecule has 1 fully saturated rings. The first-order valence-electron chi connectivity index (χ1n) is 19.9. The fourth-order valence-electron chi connectivity index (χ4n) is 6.27. The number of aliphatic carboxylic acids is 1. The van der Waals surface area contributed by atoms with Crippen molar-refractivity contribution in [3.63, 3.8) is 0 Å². The monoisotopic (exact) mass is 743 g/mol. The lowest BCUT2D eigenvalue weighted by molar-refractivity contribution is -0.138. The van der Waals surface area contributed by atoms with Gasteiger partial charge in [-0.1, -0.05) is 119 Å². The Labute approximate surface area is 316 Å². The third kappa shape index (κ3) is 23.2. The molecule has 0 aromatic heterocycles. The molecule has 13 nitrogen and oxygen atoms in total. The predicted octanol–water partition coefficient (Wildman–Crippen LogP) is 6.49. The highest BCUT2D eigenvalue weighted by atomic mass is 16.6. The maximum atomic E-state index is 12.7. The predicted molar refractivity (Wildman–Crippen MR) is 205 cm³/mol. The van der Waals surface area contributed by atoms with E-state index >= 15 is 0 Å². The molecular formula is C40H65N5O8. The van der Waals surface area contributed by atoms with Gasteiger partial charge in [-0.3, -0.25) is 19.2 Å². The van der Waals surface area contributed by atoms with Crippen molar-refractivity contribution in [1.82, 2.24) is 20.9 Å². The number of carbonyl (C=O) groups is 5. The van der Waals surface area contributed by atoms with Gasteiger partial charge in [0.15, 0.2) is 0 Å². The number of ether oxygens (including phenoxy) is 1. The maximum absolute atomic E-state index is 12.7. The molecule has 13 heteroatoms. The number of rotatable bonds is 29. The van der Waals surface area contributed by atoms with Crippen molar-refractivity contribution in [2.75, 3.05) is 32.8 Å². The smallest absolute Gasteiger partial charge is 0.408 e. The van der Waals surface area contributed by atoms with E-state index in [2.05, 4.69) is 28.0 Å². The summed E-state index contributed by atoms with van der Waals surface area (Å²) in [5, 5.41) is 20.0.